The molecule has 6 nitrogen and oxygen atoms in total. The van der Waals surface area contributed by atoms with Gasteiger partial charge in [0.15, 0.2) is 0 Å². The molecule has 0 fully saturated rings. The molecule has 0 aromatic heterocycles. The first kappa shape index (κ1) is 13.5. The number of nitrogens with zero attached hydrogens (tertiary/aromatic N) is 1. The monoisotopic (exact) mass is 273 g/mol. The molecule has 0 unspecified atom stereocenters. The molecule has 2 aromatic carbocycles. The average Bonchev–Trinajstić information content (AvgIpc) is 2.41. The Morgan fingerprint density at radius 2 is 1.85 bits per heavy atom. The van der Waals surface area contributed by atoms with Gasteiger partial charge in [-0.3, -0.25) is 10.1 Å². The zero-order chi connectivity index (χ0) is 14.7. The van der Waals surface area contributed by atoms with E-state index in [4.69, 9.17) is 9.84 Å². The first-order valence-electron chi connectivity index (χ1n) is 5.73. The highest BCUT2D eigenvalue weighted by molar-refractivity contribution is 5.88. The van der Waals surface area contributed by atoms with E-state index >= 15 is 0 Å². The number of nitro benzene ring substituents is 1. The van der Waals surface area contributed by atoms with Crippen LogP contribution in [-0.4, -0.2) is 16.0 Å². The molecule has 102 valence electrons. The predicted octanol–water partition coefficient (Wildman–Crippen LogP) is 3.39. The largest absolute Gasteiger partial charge is 0.478 e. The van der Waals surface area contributed by atoms with Crippen LogP contribution in [0.1, 0.15) is 15.9 Å². The van der Waals surface area contributed by atoms with Gasteiger partial charge in [0.1, 0.15) is 5.75 Å². The second kappa shape index (κ2) is 5.40. The minimum atomic E-state index is -1.17. The summed E-state index contributed by atoms with van der Waals surface area (Å²) in [7, 11) is 0. The molecule has 2 rings (SSSR count). The molecule has 0 heterocycles. The fraction of sp³-hybridized carbons (Fsp3) is 0.0714. The molecule has 1 N–H and O–H groups in total. The van der Waals surface area contributed by atoms with E-state index in [1.165, 1.54) is 6.07 Å². The Morgan fingerprint density at radius 1 is 1.20 bits per heavy atom. The molecular weight excluding hydrogens is 262 g/mol. The lowest BCUT2D eigenvalue weighted by Crippen LogP contribution is -1.99. The molecule has 0 amide bonds. The number of hydrogen-bond donors (Lipinski definition) is 1. The molecule has 0 bridgehead atoms. The summed E-state index contributed by atoms with van der Waals surface area (Å²) in [6.07, 6.45) is 0. The second-order valence-corrected chi connectivity index (χ2v) is 4.16. The molecule has 0 saturated carbocycles. The Balaban J connectivity index is 2.41. The van der Waals surface area contributed by atoms with Crippen LogP contribution in [-0.2, 0) is 0 Å². The Hall–Kier alpha value is -2.89. The zero-order valence-electron chi connectivity index (χ0n) is 10.6. The maximum Gasteiger partial charge on any atom is 0.335 e. The van der Waals surface area contributed by atoms with Crippen LogP contribution in [0.3, 0.4) is 0 Å². The van der Waals surface area contributed by atoms with Crippen LogP contribution in [0.5, 0.6) is 11.5 Å². The van der Waals surface area contributed by atoms with Gasteiger partial charge in [-0.25, -0.2) is 4.79 Å². The van der Waals surface area contributed by atoms with Crippen molar-refractivity contribution in [3.05, 3.63) is 63.7 Å². The van der Waals surface area contributed by atoms with Crippen LogP contribution < -0.4 is 4.74 Å². The topological polar surface area (TPSA) is 89.7 Å². The Morgan fingerprint density at radius 3 is 2.40 bits per heavy atom. The summed E-state index contributed by atoms with van der Waals surface area (Å²) in [6, 6.07) is 10.3. The van der Waals surface area contributed by atoms with E-state index in [0.29, 0.717) is 5.75 Å². The number of rotatable bonds is 4. The van der Waals surface area contributed by atoms with Gasteiger partial charge in [0, 0.05) is 12.1 Å². The van der Waals surface area contributed by atoms with E-state index in [9.17, 15) is 14.9 Å². The quantitative estimate of drug-likeness (QED) is 0.681. The van der Waals surface area contributed by atoms with Gasteiger partial charge >= 0.3 is 11.7 Å². The molecule has 0 aliphatic carbocycles. The molecule has 0 saturated heterocycles. The number of aromatic carboxylic acids is 1. The summed E-state index contributed by atoms with van der Waals surface area (Å²) in [5, 5.41) is 19.8. The van der Waals surface area contributed by atoms with Gasteiger partial charge in [-0.05, 0) is 25.1 Å². The number of carboxylic acids is 1. The Kier molecular flexibility index (Phi) is 3.65. The van der Waals surface area contributed by atoms with Crippen molar-refractivity contribution >= 4 is 11.7 Å². The SMILES string of the molecule is Cc1ccc(Oc2cc(C(=O)O)ccc2[N+](=O)[O-])cc1. The van der Waals surface area contributed by atoms with E-state index in [1.54, 1.807) is 24.3 Å². The normalized spacial score (nSPS) is 10.1. The summed E-state index contributed by atoms with van der Waals surface area (Å²) >= 11 is 0. The minimum absolute atomic E-state index is 0.0716. The smallest absolute Gasteiger partial charge is 0.335 e. The summed E-state index contributed by atoms with van der Waals surface area (Å²) in [5.41, 5.74) is 0.666. The number of aryl methyl sites for hydroxylation is 1. The van der Waals surface area contributed by atoms with Gasteiger partial charge in [-0.2, -0.15) is 0 Å². The van der Waals surface area contributed by atoms with Crippen LogP contribution in [0.2, 0.25) is 0 Å². The van der Waals surface area contributed by atoms with Crippen molar-refractivity contribution in [3.63, 3.8) is 0 Å². The first-order valence-corrected chi connectivity index (χ1v) is 5.73. The van der Waals surface area contributed by atoms with E-state index in [0.717, 1.165) is 17.7 Å². The van der Waals surface area contributed by atoms with Crippen molar-refractivity contribution in [1.29, 1.82) is 0 Å². The molecule has 0 aliphatic rings. The van der Waals surface area contributed by atoms with Gasteiger partial charge in [-0.15, -0.1) is 0 Å². The molecule has 0 aliphatic heterocycles. The van der Waals surface area contributed by atoms with Crippen LogP contribution in [0.4, 0.5) is 5.69 Å². The van der Waals surface area contributed by atoms with Crippen molar-refractivity contribution in [3.8, 4) is 11.5 Å². The lowest BCUT2D eigenvalue weighted by Gasteiger charge is -2.07. The zero-order valence-corrected chi connectivity index (χ0v) is 10.6. The number of carboxylic acid groups (broad SMARTS) is 1. The standard InChI is InChI=1S/C14H11NO5/c1-9-2-5-11(6-3-9)20-13-8-10(14(16)17)4-7-12(13)15(18)19/h2-8H,1H3,(H,16,17). The van der Waals surface area contributed by atoms with E-state index in [1.807, 2.05) is 6.92 Å². The molecule has 0 spiro atoms. The van der Waals surface area contributed by atoms with E-state index < -0.39 is 10.9 Å². The van der Waals surface area contributed by atoms with Gasteiger partial charge in [0.2, 0.25) is 5.75 Å². The molecular formula is C14H11NO5. The van der Waals surface area contributed by atoms with Crippen molar-refractivity contribution in [2.24, 2.45) is 0 Å². The number of hydrogen-bond acceptors (Lipinski definition) is 4. The first-order chi connectivity index (χ1) is 9.47. The highest BCUT2D eigenvalue weighted by Gasteiger charge is 2.18. The molecule has 0 radical (unpaired) electrons. The van der Waals surface area contributed by atoms with Crippen molar-refractivity contribution in [2.75, 3.05) is 0 Å². The second-order valence-electron chi connectivity index (χ2n) is 4.16. The third kappa shape index (κ3) is 2.92. The molecule has 20 heavy (non-hydrogen) atoms. The summed E-state index contributed by atoms with van der Waals surface area (Å²) < 4.78 is 5.41. The number of carbonyl (C=O) groups is 1. The highest BCUT2D eigenvalue weighted by atomic mass is 16.6. The number of nitro groups is 1. The highest BCUT2D eigenvalue weighted by Crippen LogP contribution is 2.32. The maximum absolute atomic E-state index is 10.9. The minimum Gasteiger partial charge on any atom is -0.478 e. The predicted molar refractivity (Wildman–Crippen MR) is 71.3 cm³/mol. The fourth-order valence-electron chi connectivity index (χ4n) is 1.61. The van der Waals surface area contributed by atoms with Crippen LogP contribution >= 0.6 is 0 Å². The van der Waals surface area contributed by atoms with Crippen molar-refractivity contribution in [1.82, 2.24) is 0 Å². The molecule has 0 atom stereocenters. The molecule has 6 heteroatoms. The Bertz CT molecular complexity index is 664. The maximum atomic E-state index is 10.9. The van der Waals surface area contributed by atoms with Crippen LogP contribution in [0.15, 0.2) is 42.5 Å². The van der Waals surface area contributed by atoms with Crippen molar-refractivity contribution in [2.45, 2.75) is 6.92 Å². The third-order valence-electron chi connectivity index (χ3n) is 2.65. The molecule has 2 aromatic rings. The fourth-order valence-corrected chi connectivity index (χ4v) is 1.61. The van der Waals surface area contributed by atoms with Gasteiger partial charge in [0.25, 0.3) is 0 Å². The lowest BCUT2D eigenvalue weighted by atomic mass is 10.2. The van der Waals surface area contributed by atoms with Gasteiger partial charge in [0.05, 0.1) is 10.5 Å². The number of benzene rings is 2. The average molecular weight is 273 g/mol. The van der Waals surface area contributed by atoms with Crippen LogP contribution in [0, 0.1) is 17.0 Å². The summed E-state index contributed by atoms with van der Waals surface area (Å²) in [4.78, 5) is 21.2. The lowest BCUT2D eigenvalue weighted by molar-refractivity contribution is -0.385. The van der Waals surface area contributed by atoms with E-state index in [2.05, 4.69) is 0 Å². The van der Waals surface area contributed by atoms with Crippen LogP contribution in [0.25, 0.3) is 0 Å². The van der Waals surface area contributed by atoms with E-state index in [-0.39, 0.29) is 17.0 Å². The Labute approximate surface area is 114 Å². The third-order valence-corrected chi connectivity index (χ3v) is 2.65. The van der Waals surface area contributed by atoms with Crippen molar-refractivity contribution < 1.29 is 19.6 Å². The van der Waals surface area contributed by atoms with Gasteiger partial charge < -0.3 is 9.84 Å². The summed E-state index contributed by atoms with van der Waals surface area (Å²) in [6.45, 7) is 1.90. The van der Waals surface area contributed by atoms with Gasteiger partial charge in [-0.1, -0.05) is 17.7 Å². The summed E-state index contributed by atoms with van der Waals surface area (Å²) in [5.74, 6) is -0.867. The number of ether oxygens (including phenoxy) is 1.